The van der Waals surface area contributed by atoms with Crippen molar-refractivity contribution in [2.45, 2.75) is 19.9 Å². The molecular weight excluding hydrogens is 312 g/mol. The summed E-state index contributed by atoms with van der Waals surface area (Å²) in [5.41, 5.74) is 1.05. The van der Waals surface area contributed by atoms with Gasteiger partial charge in [0.05, 0.1) is 11.6 Å². The highest BCUT2D eigenvalue weighted by atomic mass is 32.2. The molecular formula is C17H22N2O3S. The summed E-state index contributed by atoms with van der Waals surface area (Å²) < 4.78 is 10.2. The Balaban J connectivity index is 2.78. The lowest BCUT2D eigenvalue weighted by molar-refractivity contribution is -0.140. The third-order valence-electron chi connectivity index (χ3n) is 3.06. The van der Waals surface area contributed by atoms with E-state index in [-0.39, 0.29) is 18.2 Å². The number of hydrogen-bond donors (Lipinski definition) is 1. The van der Waals surface area contributed by atoms with Crippen LogP contribution in [0.2, 0.25) is 0 Å². The van der Waals surface area contributed by atoms with Crippen molar-refractivity contribution < 1.29 is 14.3 Å². The molecule has 0 saturated heterocycles. The lowest BCUT2D eigenvalue weighted by Gasteiger charge is -2.18. The molecule has 23 heavy (non-hydrogen) atoms. The molecule has 0 aliphatic rings. The highest BCUT2D eigenvalue weighted by molar-refractivity contribution is 8.02. The van der Waals surface area contributed by atoms with Crippen LogP contribution < -0.4 is 5.32 Å². The van der Waals surface area contributed by atoms with E-state index < -0.39 is 5.97 Å². The van der Waals surface area contributed by atoms with Crippen LogP contribution in [-0.4, -0.2) is 32.0 Å². The van der Waals surface area contributed by atoms with Crippen molar-refractivity contribution in [1.82, 2.24) is 5.32 Å². The van der Waals surface area contributed by atoms with Crippen molar-refractivity contribution in [3.8, 4) is 6.07 Å². The van der Waals surface area contributed by atoms with Gasteiger partial charge in [-0.25, -0.2) is 4.79 Å². The third-order valence-corrected chi connectivity index (χ3v) is 3.79. The minimum Gasteiger partial charge on any atom is -0.459 e. The highest BCUT2D eigenvalue weighted by Crippen LogP contribution is 2.21. The number of rotatable bonds is 9. The minimum absolute atomic E-state index is 0.0169. The molecule has 1 rings (SSSR count). The normalized spacial score (nSPS) is 12.8. The number of carbonyl (C=O) groups is 1. The molecule has 0 fully saturated rings. The molecule has 0 aromatic heterocycles. The lowest BCUT2D eigenvalue weighted by atomic mass is 10.1. The van der Waals surface area contributed by atoms with Gasteiger partial charge in [-0.3, -0.25) is 0 Å². The van der Waals surface area contributed by atoms with Crippen molar-refractivity contribution >= 4 is 17.7 Å². The maximum absolute atomic E-state index is 12.0. The first kappa shape index (κ1) is 19.1. The highest BCUT2D eigenvalue weighted by Gasteiger charge is 2.18. The topological polar surface area (TPSA) is 71.3 Å². The first-order chi connectivity index (χ1) is 11.1. The summed E-state index contributed by atoms with van der Waals surface area (Å²) in [7, 11) is 0. The number of carbonyl (C=O) groups excluding carboxylic acids is 1. The van der Waals surface area contributed by atoms with Gasteiger partial charge in [0.25, 0.3) is 0 Å². The zero-order valence-corrected chi connectivity index (χ0v) is 14.5. The van der Waals surface area contributed by atoms with Gasteiger partial charge >= 0.3 is 5.97 Å². The molecule has 1 atom stereocenters. The second-order valence-electron chi connectivity index (χ2n) is 4.63. The molecule has 6 heteroatoms. The molecule has 1 aromatic rings. The van der Waals surface area contributed by atoms with Crippen LogP contribution >= 0.6 is 11.8 Å². The molecule has 1 unspecified atom stereocenters. The number of nitriles is 1. The molecule has 0 heterocycles. The molecule has 1 aromatic carbocycles. The Kier molecular flexibility index (Phi) is 8.88. The number of nitrogens with one attached hydrogen (secondary N) is 1. The summed E-state index contributed by atoms with van der Waals surface area (Å²) >= 11 is 1.31. The molecule has 0 spiro atoms. The van der Waals surface area contributed by atoms with Crippen LogP contribution in [0.3, 0.4) is 0 Å². The Morgan fingerprint density at radius 2 is 2.04 bits per heavy atom. The fraction of sp³-hybridized carbons (Fsp3) is 0.412. The van der Waals surface area contributed by atoms with Crippen molar-refractivity contribution in [3.05, 3.63) is 46.5 Å². The SMILES string of the molecule is CCOCCOC(=O)/C(C#N)=C(/NC(C)c1ccccc1)SC. The third kappa shape index (κ3) is 6.35. The Morgan fingerprint density at radius 1 is 1.35 bits per heavy atom. The van der Waals surface area contributed by atoms with Gasteiger partial charge in [0.1, 0.15) is 12.7 Å². The van der Waals surface area contributed by atoms with E-state index in [1.54, 1.807) is 0 Å². The summed E-state index contributed by atoms with van der Waals surface area (Å²) in [6.45, 7) is 4.85. The molecule has 5 nitrogen and oxygen atoms in total. The largest absolute Gasteiger partial charge is 0.459 e. The van der Waals surface area contributed by atoms with Crippen LogP contribution in [0.15, 0.2) is 40.9 Å². The van der Waals surface area contributed by atoms with Gasteiger partial charge in [0.2, 0.25) is 0 Å². The number of ether oxygens (including phenoxy) is 2. The Hall–Kier alpha value is -1.97. The molecule has 0 bridgehead atoms. The van der Waals surface area contributed by atoms with Gasteiger partial charge in [0, 0.05) is 12.6 Å². The van der Waals surface area contributed by atoms with E-state index in [0.717, 1.165) is 5.56 Å². The lowest BCUT2D eigenvalue weighted by Crippen LogP contribution is -2.21. The fourth-order valence-corrected chi connectivity index (χ4v) is 2.48. The summed E-state index contributed by atoms with van der Waals surface area (Å²) in [6, 6.07) is 11.7. The summed E-state index contributed by atoms with van der Waals surface area (Å²) in [6.07, 6.45) is 1.81. The van der Waals surface area contributed by atoms with Crippen molar-refractivity contribution in [2.24, 2.45) is 0 Å². The van der Waals surface area contributed by atoms with E-state index >= 15 is 0 Å². The Labute approximate surface area is 141 Å². The molecule has 0 saturated carbocycles. The predicted molar refractivity (Wildman–Crippen MR) is 91.6 cm³/mol. The van der Waals surface area contributed by atoms with E-state index in [4.69, 9.17) is 9.47 Å². The van der Waals surface area contributed by atoms with Crippen molar-refractivity contribution in [2.75, 3.05) is 26.1 Å². The fourth-order valence-electron chi connectivity index (χ4n) is 1.85. The number of hydrogen-bond acceptors (Lipinski definition) is 6. The van der Waals surface area contributed by atoms with Gasteiger partial charge in [-0.2, -0.15) is 5.26 Å². The van der Waals surface area contributed by atoms with Crippen LogP contribution in [0, 0.1) is 11.3 Å². The quantitative estimate of drug-likeness (QED) is 0.324. The summed E-state index contributed by atoms with van der Waals surface area (Å²) in [4.78, 5) is 12.0. The van der Waals surface area contributed by atoms with Crippen molar-refractivity contribution in [3.63, 3.8) is 0 Å². The average Bonchev–Trinajstić information content (AvgIpc) is 2.59. The Morgan fingerprint density at radius 3 is 2.61 bits per heavy atom. The van der Waals surface area contributed by atoms with E-state index in [0.29, 0.717) is 18.2 Å². The standard InChI is InChI=1S/C17H22N2O3S/c1-4-21-10-11-22-17(20)15(12-18)16(23-3)19-13(2)14-8-6-5-7-9-14/h5-9,13,19H,4,10-11H2,1-3H3/b16-15-. The average molecular weight is 334 g/mol. The molecule has 124 valence electrons. The van der Waals surface area contributed by atoms with Crippen LogP contribution in [-0.2, 0) is 14.3 Å². The summed E-state index contributed by atoms with van der Waals surface area (Å²) in [5, 5.41) is 13.0. The molecule has 0 amide bonds. The number of benzene rings is 1. The van der Waals surface area contributed by atoms with E-state index in [1.165, 1.54) is 11.8 Å². The monoisotopic (exact) mass is 334 g/mol. The van der Waals surface area contributed by atoms with Gasteiger partial charge in [0.15, 0.2) is 5.57 Å². The number of esters is 1. The zero-order chi connectivity index (χ0) is 17.1. The molecule has 0 aliphatic carbocycles. The van der Waals surface area contributed by atoms with E-state index in [9.17, 15) is 10.1 Å². The van der Waals surface area contributed by atoms with Gasteiger partial charge in [-0.15, -0.1) is 11.8 Å². The Bertz CT molecular complexity index is 567. The van der Waals surface area contributed by atoms with Gasteiger partial charge in [-0.05, 0) is 25.7 Å². The number of thioether (sulfide) groups is 1. The summed E-state index contributed by atoms with van der Waals surface area (Å²) in [5.74, 6) is -0.635. The maximum Gasteiger partial charge on any atom is 0.351 e. The second kappa shape index (κ2) is 10.7. The van der Waals surface area contributed by atoms with Crippen LogP contribution in [0.1, 0.15) is 25.5 Å². The molecule has 0 aliphatic heterocycles. The van der Waals surface area contributed by atoms with Crippen LogP contribution in [0.5, 0.6) is 0 Å². The van der Waals surface area contributed by atoms with Crippen LogP contribution in [0.25, 0.3) is 0 Å². The van der Waals surface area contributed by atoms with Crippen LogP contribution in [0.4, 0.5) is 0 Å². The minimum atomic E-state index is -0.635. The van der Waals surface area contributed by atoms with Crippen molar-refractivity contribution in [1.29, 1.82) is 5.26 Å². The smallest absolute Gasteiger partial charge is 0.351 e. The molecule has 0 radical (unpaired) electrons. The zero-order valence-electron chi connectivity index (χ0n) is 13.7. The van der Waals surface area contributed by atoms with Gasteiger partial charge in [-0.1, -0.05) is 30.3 Å². The van der Waals surface area contributed by atoms with E-state index in [2.05, 4.69) is 5.32 Å². The predicted octanol–water partition coefficient (Wildman–Crippen LogP) is 3.02. The number of nitrogens with zero attached hydrogens (tertiary/aromatic N) is 1. The van der Waals surface area contributed by atoms with Gasteiger partial charge < -0.3 is 14.8 Å². The first-order valence-electron chi connectivity index (χ1n) is 7.38. The molecule has 1 N–H and O–H groups in total. The maximum atomic E-state index is 12.0. The second-order valence-corrected chi connectivity index (χ2v) is 5.45. The first-order valence-corrected chi connectivity index (χ1v) is 8.61. The van der Waals surface area contributed by atoms with E-state index in [1.807, 2.05) is 56.5 Å².